The van der Waals surface area contributed by atoms with Crippen LogP contribution in [0.3, 0.4) is 0 Å². The normalized spacial score (nSPS) is 12.6. The van der Waals surface area contributed by atoms with Crippen LogP contribution in [0.5, 0.6) is 0 Å². The first-order valence-corrected chi connectivity index (χ1v) is 7.62. The van der Waals surface area contributed by atoms with E-state index in [2.05, 4.69) is 12.2 Å². The number of halogens is 2. The first-order valence-electron chi connectivity index (χ1n) is 6.42. The van der Waals surface area contributed by atoms with Crippen molar-refractivity contribution in [2.75, 3.05) is 6.54 Å². The highest BCUT2D eigenvalue weighted by molar-refractivity contribution is 7.16. The lowest BCUT2D eigenvalue weighted by molar-refractivity contribution is 0.492. The van der Waals surface area contributed by atoms with Crippen LogP contribution >= 0.6 is 22.9 Å². The summed E-state index contributed by atoms with van der Waals surface area (Å²) in [6.45, 7) is 2.88. The molecule has 1 N–H and O–H groups in total. The van der Waals surface area contributed by atoms with Crippen molar-refractivity contribution in [2.45, 2.75) is 25.8 Å². The molecule has 4 heteroatoms. The summed E-state index contributed by atoms with van der Waals surface area (Å²) in [6.07, 6.45) is 1.79. The van der Waals surface area contributed by atoms with Gasteiger partial charge in [0.1, 0.15) is 5.82 Å². The molecule has 0 spiro atoms. The second-order valence-electron chi connectivity index (χ2n) is 4.39. The number of benzene rings is 1. The molecule has 0 bridgehead atoms. The topological polar surface area (TPSA) is 12.0 Å². The van der Waals surface area contributed by atoms with Gasteiger partial charge in [-0.1, -0.05) is 36.7 Å². The van der Waals surface area contributed by atoms with Gasteiger partial charge in [-0.3, -0.25) is 0 Å². The molecule has 1 unspecified atom stereocenters. The SMILES string of the molecule is CCC(NCCc1ccc(Cl)s1)c1ccccc1F. The zero-order valence-electron chi connectivity index (χ0n) is 10.8. The summed E-state index contributed by atoms with van der Waals surface area (Å²) < 4.78 is 14.5. The minimum Gasteiger partial charge on any atom is -0.309 e. The van der Waals surface area contributed by atoms with E-state index in [0.29, 0.717) is 0 Å². The van der Waals surface area contributed by atoms with Gasteiger partial charge in [-0.25, -0.2) is 4.39 Å². The van der Waals surface area contributed by atoms with Gasteiger partial charge in [0.25, 0.3) is 0 Å². The summed E-state index contributed by atoms with van der Waals surface area (Å²) in [5.41, 5.74) is 0.745. The summed E-state index contributed by atoms with van der Waals surface area (Å²) in [7, 11) is 0. The zero-order chi connectivity index (χ0) is 13.7. The molecular weight excluding hydrogens is 281 g/mol. The minimum absolute atomic E-state index is 0.0663. The highest BCUT2D eigenvalue weighted by Gasteiger charge is 2.12. The number of thiophene rings is 1. The standard InChI is InChI=1S/C15H17ClFNS/c1-2-14(12-5-3-4-6-13(12)17)18-10-9-11-7-8-15(16)19-11/h3-8,14,18H,2,9-10H2,1H3. The van der Waals surface area contributed by atoms with Crippen LogP contribution in [0, 0.1) is 5.82 Å². The highest BCUT2D eigenvalue weighted by atomic mass is 35.5. The fraction of sp³-hybridized carbons (Fsp3) is 0.333. The Balaban J connectivity index is 1.91. The number of hydrogen-bond acceptors (Lipinski definition) is 2. The van der Waals surface area contributed by atoms with Crippen LogP contribution in [0.25, 0.3) is 0 Å². The van der Waals surface area contributed by atoms with Crippen molar-refractivity contribution in [2.24, 2.45) is 0 Å². The van der Waals surface area contributed by atoms with Crippen molar-refractivity contribution in [1.82, 2.24) is 5.32 Å². The van der Waals surface area contributed by atoms with E-state index in [1.54, 1.807) is 17.4 Å². The van der Waals surface area contributed by atoms with Crippen LogP contribution in [0.2, 0.25) is 4.34 Å². The third kappa shape index (κ3) is 4.03. The van der Waals surface area contributed by atoms with Gasteiger partial charge in [0.05, 0.1) is 4.34 Å². The molecule has 2 aromatic rings. The van der Waals surface area contributed by atoms with E-state index in [-0.39, 0.29) is 11.9 Å². The summed E-state index contributed by atoms with van der Waals surface area (Å²) in [5.74, 6) is -0.138. The minimum atomic E-state index is -0.138. The molecule has 0 aliphatic rings. The van der Waals surface area contributed by atoms with Gasteiger partial charge in [-0.05, 0) is 31.0 Å². The summed E-state index contributed by atoms with van der Waals surface area (Å²) in [4.78, 5) is 1.25. The Morgan fingerprint density at radius 2 is 2.05 bits per heavy atom. The molecule has 1 heterocycles. The maximum atomic E-state index is 13.7. The van der Waals surface area contributed by atoms with Crippen molar-refractivity contribution >= 4 is 22.9 Å². The average molecular weight is 298 g/mol. The average Bonchev–Trinajstić information content (AvgIpc) is 2.82. The highest BCUT2D eigenvalue weighted by Crippen LogP contribution is 2.22. The van der Waals surface area contributed by atoms with Gasteiger partial charge in [0, 0.05) is 23.0 Å². The van der Waals surface area contributed by atoms with E-state index in [1.807, 2.05) is 24.3 Å². The summed E-state index contributed by atoms with van der Waals surface area (Å²) in [5, 5.41) is 3.41. The van der Waals surface area contributed by atoms with Gasteiger partial charge in [-0.2, -0.15) is 0 Å². The molecule has 0 amide bonds. The first-order chi connectivity index (χ1) is 9.20. The Kier molecular flexibility index (Phi) is 5.37. The third-order valence-corrected chi connectivity index (χ3v) is 4.37. The third-order valence-electron chi connectivity index (χ3n) is 3.08. The van der Waals surface area contributed by atoms with Gasteiger partial charge in [0.2, 0.25) is 0 Å². The van der Waals surface area contributed by atoms with Gasteiger partial charge < -0.3 is 5.32 Å². The molecule has 2 rings (SSSR count). The predicted molar refractivity (Wildman–Crippen MR) is 80.5 cm³/mol. The van der Waals surface area contributed by atoms with E-state index in [9.17, 15) is 4.39 Å². The van der Waals surface area contributed by atoms with E-state index < -0.39 is 0 Å². The number of nitrogens with one attached hydrogen (secondary N) is 1. The van der Waals surface area contributed by atoms with Crippen molar-refractivity contribution in [3.05, 3.63) is 57.0 Å². The fourth-order valence-corrected chi connectivity index (χ4v) is 3.17. The molecule has 19 heavy (non-hydrogen) atoms. The van der Waals surface area contributed by atoms with Crippen LogP contribution < -0.4 is 5.32 Å². The van der Waals surface area contributed by atoms with Gasteiger partial charge in [0.15, 0.2) is 0 Å². The smallest absolute Gasteiger partial charge is 0.127 e. The molecule has 1 aromatic heterocycles. The van der Waals surface area contributed by atoms with Gasteiger partial charge in [-0.15, -0.1) is 11.3 Å². The van der Waals surface area contributed by atoms with E-state index in [0.717, 1.165) is 29.3 Å². The summed E-state index contributed by atoms with van der Waals surface area (Å²) in [6, 6.07) is 11.0. The lowest BCUT2D eigenvalue weighted by Gasteiger charge is -2.17. The Morgan fingerprint density at radius 3 is 2.68 bits per heavy atom. The van der Waals surface area contributed by atoms with E-state index in [1.165, 1.54) is 10.9 Å². The first kappa shape index (κ1) is 14.5. The number of hydrogen-bond donors (Lipinski definition) is 1. The summed E-state index contributed by atoms with van der Waals surface area (Å²) >= 11 is 7.49. The van der Waals surface area contributed by atoms with Crippen molar-refractivity contribution in [3.8, 4) is 0 Å². The Hall–Kier alpha value is -0.900. The predicted octanol–water partition coefficient (Wildman–Crippen LogP) is 4.82. The van der Waals surface area contributed by atoms with Crippen LogP contribution in [-0.4, -0.2) is 6.54 Å². The molecule has 0 saturated heterocycles. The second-order valence-corrected chi connectivity index (χ2v) is 6.19. The molecule has 0 aliphatic carbocycles. The van der Waals surface area contributed by atoms with Crippen LogP contribution in [0.15, 0.2) is 36.4 Å². The second kappa shape index (κ2) is 7.04. The molecule has 0 radical (unpaired) electrons. The van der Waals surface area contributed by atoms with Crippen molar-refractivity contribution in [1.29, 1.82) is 0 Å². The largest absolute Gasteiger partial charge is 0.309 e. The molecule has 1 nitrogen and oxygen atoms in total. The zero-order valence-corrected chi connectivity index (χ0v) is 12.4. The maximum absolute atomic E-state index is 13.7. The fourth-order valence-electron chi connectivity index (χ4n) is 2.09. The van der Waals surface area contributed by atoms with Crippen LogP contribution in [-0.2, 0) is 6.42 Å². The Morgan fingerprint density at radius 1 is 1.26 bits per heavy atom. The van der Waals surface area contributed by atoms with E-state index in [4.69, 9.17) is 11.6 Å². The lowest BCUT2D eigenvalue weighted by Crippen LogP contribution is -2.23. The van der Waals surface area contributed by atoms with Crippen molar-refractivity contribution in [3.63, 3.8) is 0 Å². The molecule has 1 aromatic carbocycles. The quantitative estimate of drug-likeness (QED) is 0.806. The lowest BCUT2D eigenvalue weighted by atomic mass is 10.0. The monoisotopic (exact) mass is 297 g/mol. The van der Waals surface area contributed by atoms with Gasteiger partial charge >= 0.3 is 0 Å². The van der Waals surface area contributed by atoms with E-state index >= 15 is 0 Å². The molecule has 0 saturated carbocycles. The van der Waals surface area contributed by atoms with Crippen LogP contribution in [0.1, 0.15) is 29.8 Å². The number of rotatable bonds is 6. The molecule has 0 aliphatic heterocycles. The maximum Gasteiger partial charge on any atom is 0.127 e. The Bertz CT molecular complexity index is 526. The van der Waals surface area contributed by atoms with Crippen LogP contribution in [0.4, 0.5) is 4.39 Å². The molecule has 0 fully saturated rings. The molecular formula is C15H17ClFNS. The molecule has 1 atom stereocenters. The van der Waals surface area contributed by atoms with Crippen molar-refractivity contribution < 1.29 is 4.39 Å². The molecule has 102 valence electrons. The Labute approximate surface area is 122 Å².